The van der Waals surface area contributed by atoms with Crippen LogP contribution in [0.15, 0.2) is 41.1 Å². The summed E-state index contributed by atoms with van der Waals surface area (Å²) < 4.78 is 13.4. The number of carbonyl (C=O) groups is 1. The number of anilines is 2. The number of pyridine rings is 1. The maximum absolute atomic E-state index is 13.1. The average Bonchev–Trinajstić information content (AvgIpc) is 2.43. The van der Waals surface area contributed by atoms with Crippen LogP contribution in [-0.4, -0.2) is 17.9 Å². The lowest BCUT2D eigenvalue weighted by atomic mass is 10.2. The SMILES string of the molecule is CNc1cnccc1C(=O)Nc1ccc(F)c(Br)c1. The van der Waals surface area contributed by atoms with Crippen LogP contribution in [0, 0.1) is 5.82 Å². The van der Waals surface area contributed by atoms with Crippen molar-refractivity contribution in [2.45, 2.75) is 0 Å². The second-order valence-corrected chi connectivity index (χ2v) is 4.61. The van der Waals surface area contributed by atoms with E-state index in [1.807, 2.05) is 0 Å². The zero-order valence-electron chi connectivity index (χ0n) is 10.1. The number of benzene rings is 1. The fourth-order valence-corrected chi connectivity index (χ4v) is 1.94. The first-order chi connectivity index (χ1) is 9.11. The number of carbonyl (C=O) groups excluding carboxylic acids is 1. The van der Waals surface area contributed by atoms with Crippen LogP contribution in [0.5, 0.6) is 0 Å². The molecule has 0 saturated carbocycles. The maximum atomic E-state index is 13.1. The Hall–Kier alpha value is -1.95. The number of aromatic nitrogens is 1. The van der Waals surface area contributed by atoms with Gasteiger partial charge in [0.15, 0.2) is 0 Å². The first-order valence-corrected chi connectivity index (χ1v) is 6.29. The molecule has 2 N–H and O–H groups in total. The Morgan fingerprint density at radius 2 is 2.16 bits per heavy atom. The molecule has 4 nitrogen and oxygen atoms in total. The lowest BCUT2D eigenvalue weighted by Gasteiger charge is -2.09. The number of hydrogen-bond acceptors (Lipinski definition) is 3. The van der Waals surface area contributed by atoms with Crippen molar-refractivity contribution < 1.29 is 9.18 Å². The fraction of sp³-hybridized carbons (Fsp3) is 0.0769. The second-order valence-electron chi connectivity index (χ2n) is 3.75. The van der Waals surface area contributed by atoms with Crippen LogP contribution in [-0.2, 0) is 0 Å². The van der Waals surface area contributed by atoms with Crippen LogP contribution in [0.1, 0.15) is 10.4 Å². The number of rotatable bonds is 3. The van der Waals surface area contributed by atoms with Crippen molar-refractivity contribution >= 4 is 33.2 Å². The van der Waals surface area contributed by atoms with E-state index in [1.54, 1.807) is 19.3 Å². The van der Waals surface area contributed by atoms with Crippen molar-refractivity contribution in [3.8, 4) is 0 Å². The molecule has 19 heavy (non-hydrogen) atoms. The molecule has 0 aliphatic carbocycles. The highest BCUT2D eigenvalue weighted by Crippen LogP contribution is 2.21. The predicted octanol–water partition coefficient (Wildman–Crippen LogP) is 3.28. The van der Waals surface area contributed by atoms with Gasteiger partial charge in [-0.2, -0.15) is 0 Å². The number of amides is 1. The molecular weight excluding hydrogens is 313 g/mol. The molecule has 0 unspecified atom stereocenters. The topological polar surface area (TPSA) is 54.0 Å². The summed E-state index contributed by atoms with van der Waals surface area (Å²) in [4.78, 5) is 16.0. The molecule has 1 amide bonds. The number of nitrogens with zero attached hydrogens (tertiary/aromatic N) is 1. The first kappa shape index (κ1) is 13.5. The summed E-state index contributed by atoms with van der Waals surface area (Å²) in [7, 11) is 1.71. The summed E-state index contributed by atoms with van der Waals surface area (Å²) in [5, 5.41) is 5.59. The molecule has 0 aliphatic rings. The molecule has 2 rings (SSSR count). The van der Waals surface area contributed by atoms with Gasteiger partial charge in [0.1, 0.15) is 5.82 Å². The molecule has 98 valence electrons. The molecule has 0 bridgehead atoms. The maximum Gasteiger partial charge on any atom is 0.257 e. The number of hydrogen-bond donors (Lipinski definition) is 2. The summed E-state index contributed by atoms with van der Waals surface area (Å²) in [5.41, 5.74) is 1.61. The Morgan fingerprint density at radius 3 is 2.84 bits per heavy atom. The van der Waals surface area contributed by atoms with E-state index in [0.717, 1.165) is 0 Å². The third-order valence-corrected chi connectivity index (χ3v) is 3.12. The summed E-state index contributed by atoms with van der Waals surface area (Å²) >= 11 is 3.07. The third kappa shape index (κ3) is 3.08. The Morgan fingerprint density at radius 1 is 1.37 bits per heavy atom. The van der Waals surface area contributed by atoms with Crippen molar-refractivity contribution in [1.82, 2.24) is 4.98 Å². The van der Waals surface area contributed by atoms with Crippen molar-refractivity contribution in [3.63, 3.8) is 0 Å². The van der Waals surface area contributed by atoms with Crippen molar-refractivity contribution in [3.05, 3.63) is 52.5 Å². The molecule has 0 radical (unpaired) electrons. The Bertz CT molecular complexity index is 619. The van der Waals surface area contributed by atoms with Gasteiger partial charge in [0.2, 0.25) is 0 Å². The molecular formula is C13H11BrFN3O. The van der Waals surface area contributed by atoms with Gasteiger partial charge in [-0.3, -0.25) is 9.78 Å². The van der Waals surface area contributed by atoms with Crippen molar-refractivity contribution in [2.75, 3.05) is 17.7 Å². The lowest BCUT2D eigenvalue weighted by Crippen LogP contribution is -2.14. The van der Waals surface area contributed by atoms with E-state index in [-0.39, 0.29) is 11.7 Å². The van der Waals surface area contributed by atoms with E-state index >= 15 is 0 Å². The van der Waals surface area contributed by atoms with E-state index in [1.165, 1.54) is 24.4 Å². The molecule has 0 atom stereocenters. The summed E-state index contributed by atoms with van der Waals surface area (Å²) in [6, 6.07) is 5.90. The van der Waals surface area contributed by atoms with Crippen LogP contribution in [0.4, 0.5) is 15.8 Å². The van der Waals surface area contributed by atoms with E-state index in [0.29, 0.717) is 21.4 Å². The van der Waals surface area contributed by atoms with Gasteiger partial charge in [0, 0.05) is 18.9 Å². The lowest BCUT2D eigenvalue weighted by molar-refractivity contribution is 0.102. The van der Waals surface area contributed by atoms with E-state index in [4.69, 9.17) is 0 Å². The molecule has 1 aromatic heterocycles. The standard InChI is InChI=1S/C13H11BrFN3O/c1-16-12-7-17-5-4-9(12)13(19)18-8-2-3-11(15)10(14)6-8/h2-7,16H,1H3,(H,18,19). The predicted molar refractivity (Wildman–Crippen MR) is 75.8 cm³/mol. The highest BCUT2D eigenvalue weighted by Gasteiger charge is 2.11. The van der Waals surface area contributed by atoms with Crippen molar-refractivity contribution in [2.24, 2.45) is 0 Å². The molecule has 1 aromatic carbocycles. The van der Waals surface area contributed by atoms with Gasteiger partial charge >= 0.3 is 0 Å². The van der Waals surface area contributed by atoms with Crippen molar-refractivity contribution in [1.29, 1.82) is 0 Å². The molecule has 2 aromatic rings. The van der Waals surface area contributed by atoms with Gasteiger partial charge in [-0.25, -0.2) is 4.39 Å². The van der Waals surface area contributed by atoms with Crippen LogP contribution in [0.25, 0.3) is 0 Å². The molecule has 0 spiro atoms. The minimum absolute atomic E-state index is 0.287. The van der Waals surface area contributed by atoms with Gasteiger partial charge < -0.3 is 10.6 Å². The minimum Gasteiger partial charge on any atom is -0.386 e. The van der Waals surface area contributed by atoms with Gasteiger partial charge in [-0.1, -0.05) is 0 Å². The number of halogens is 2. The quantitative estimate of drug-likeness (QED) is 0.911. The monoisotopic (exact) mass is 323 g/mol. The van der Waals surface area contributed by atoms with Crippen LogP contribution in [0.3, 0.4) is 0 Å². The summed E-state index contributed by atoms with van der Waals surface area (Å²) in [6.07, 6.45) is 3.10. The molecule has 1 heterocycles. The van der Waals surface area contributed by atoms with Crippen LogP contribution < -0.4 is 10.6 Å². The molecule has 0 fully saturated rings. The highest BCUT2D eigenvalue weighted by molar-refractivity contribution is 9.10. The fourth-order valence-electron chi connectivity index (χ4n) is 1.56. The van der Waals surface area contributed by atoms with Crippen LogP contribution in [0.2, 0.25) is 0 Å². The Kier molecular flexibility index (Phi) is 4.11. The summed E-state index contributed by atoms with van der Waals surface area (Å²) in [6.45, 7) is 0. The average molecular weight is 324 g/mol. The van der Waals surface area contributed by atoms with Crippen LogP contribution >= 0.6 is 15.9 Å². The van der Waals surface area contributed by atoms with Gasteiger partial charge in [0.05, 0.1) is 21.9 Å². The van der Waals surface area contributed by atoms with E-state index in [9.17, 15) is 9.18 Å². The van der Waals surface area contributed by atoms with Gasteiger partial charge in [0.25, 0.3) is 5.91 Å². The van der Waals surface area contributed by atoms with E-state index in [2.05, 4.69) is 31.5 Å². The normalized spacial score (nSPS) is 10.1. The minimum atomic E-state index is -0.377. The third-order valence-electron chi connectivity index (χ3n) is 2.51. The largest absolute Gasteiger partial charge is 0.386 e. The van der Waals surface area contributed by atoms with Gasteiger partial charge in [-0.05, 0) is 40.2 Å². The summed E-state index contributed by atoms with van der Waals surface area (Å²) in [5.74, 6) is -0.664. The smallest absolute Gasteiger partial charge is 0.257 e. The zero-order chi connectivity index (χ0) is 13.8. The highest BCUT2D eigenvalue weighted by atomic mass is 79.9. The molecule has 0 saturated heterocycles. The molecule has 0 aliphatic heterocycles. The first-order valence-electron chi connectivity index (χ1n) is 5.50. The second kappa shape index (κ2) is 5.79. The molecule has 6 heteroatoms. The zero-order valence-corrected chi connectivity index (χ0v) is 11.7. The van der Waals surface area contributed by atoms with E-state index < -0.39 is 0 Å². The Balaban J connectivity index is 2.23. The number of nitrogens with one attached hydrogen (secondary N) is 2. The van der Waals surface area contributed by atoms with Gasteiger partial charge in [-0.15, -0.1) is 0 Å². The Labute approximate surface area is 118 Å².